The summed E-state index contributed by atoms with van der Waals surface area (Å²) in [6, 6.07) is 8.67. The number of hydrogen-bond acceptors (Lipinski definition) is 2. The lowest BCUT2D eigenvalue weighted by atomic mass is 10.0. The molecule has 1 N–H and O–H groups in total. The molecule has 0 radical (unpaired) electrons. The van der Waals surface area contributed by atoms with Crippen LogP contribution in [0, 0.1) is 5.92 Å². The third-order valence-corrected chi connectivity index (χ3v) is 4.84. The van der Waals surface area contributed by atoms with Crippen molar-refractivity contribution >= 4 is 23.4 Å². The zero-order valence-electron chi connectivity index (χ0n) is 9.74. The van der Waals surface area contributed by atoms with Gasteiger partial charge in [0, 0.05) is 16.3 Å². The van der Waals surface area contributed by atoms with Crippen molar-refractivity contribution < 1.29 is 0 Å². The molecule has 1 aliphatic rings. The van der Waals surface area contributed by atoms with Crippen LogP contribution in [0.3, 0.4) is 0 Å². The van der Waals surface area contributed by atoms with Crippen LogP contribution in [0.5, 0.6) is 0 Å². The molecule has 1 fully saturated rings. The van der Waals surface area contributed by atoms with Crippen molar-refractivity contribution in [2.24, 2.45) is 5.92 Å². The van der Waals surface area contributed by atoms with E-state index in [4.69, 9.17) is 11.6 Å². The molecule has 1 aliphatic heterocycles. The monoisotopic (exact) mass is 255 g/mol. The van der Waals surface area contributed by atoms with Gasteiger partial charge in [-0.25, -0.2) is 0 Å². The van der Waals surface area contributed by atoms with Gasteiger partial charge in [-0.3, -0.25) is 0 Å². The summed E-state index contributed by atoms with van der Waals surface area (Å²) in [5.41, 5.74) is 1.35. The van der Waals surface area contributed by atoms with E-state index in [2.05, 4.69) is 43.1 Å². The first kappa shape index (κ1) is 12.3. The van der Waals surface area contributed by atoms with Gasteiger partial charge < -0.3 is 5.32 Å². The largest absolute Gasteiger partial charge is 0.309 e. The van der Waals surface area contributed by atoms with Crippen LogP contribution in [0.25, 0.3) is 0 Å². The average molecular weight is 256 g/mol. The number of rotatable bonds is 1. The van der Waals surface area contributed by atoms with Gasteiger partial charge in [0.1, 0.15) is 0 Å². The van der Waals surface area contributed by atoms with Crippen LogP contribution in [0.1, 0.15) is 25.5 Å². The van der Waals surface area contributed by atoms with Gasteiger partial charge in [0.15, 0.2) is 0 Å². The van der Waals surface area contributed by atoms with E-state index in [1.807, 2.05) is 12.1 Å². The molecule has 1 saturated heterocycles. The first-order valence-corrected chi connectivity index (χ1v) is 7.20. The number of benzene rings is 1. The van der Waals surface area contributed by atoms with Gasteiger partial charge in [-0.05, 0) is 35.9 Å². The Hall–Kier alpha value is -0.180. The number of nitrogens with one attached hydrogen (secondary N) is 1. The van der Waals surface area contributed by atoms with Crippen molar-refractivity contribution in [3.63, 3.8) is 0 Å². The maximum absolute atomic E-state index is 5.92. The third-order valence-electron chi connectivity index (χ3n) is 3.03. The van der Waals surface area contributed by atoms with E-state index in [1.165, 1.54) is 11.3 Å². The van der Waals surface area contributed by atoms with E-state index in [1.54, 1.807) is 0 Å². The quantitative estimate of drug-likeness (QED) is 0.821. The zero-order chi connectivity index (χ0) is 11.5. The summed E-state index contributed by atoms with van der Waals surface area (Å²) in [6.45, 7) is 5.70. The number of halogens is 1. The van der Waals surface area contributed by atoms with Gasteiger partial charge in [0.25, 0.3) is 0 Å². The standard InChI is InChI=1S/C13H18ClNS/c1-9-7-15-13(10(2)16-8-9)11-3-5-12(14)6-4-11/h3-6,9-10,13,15H,7-8H2,1-2H3. The lowest BCUT2D eigenvalue weighted by Gasteiger charge is -2.22. The van der Waals surface area contributed by atoms with Crippen LogP contribution in [0.4, 0.5) is 0 Å². The molecule has 1 aromatic carbocycles. The summed E-state index contributed by atoms with van der Waals surface area (Å²) in [6.07, 6.45) is 0. The molecule has 0 bridgehead atoms. The van der Waals surface area contributed by atoms with Gasteiger partial charge in [-0.15, -0.1) is 0 Å². The fourth-order valence-electron chi connectivity index (χ4n) is 2.02. The minimum Gasteiger partial charge on any atom is -0.309 e. The summed E-state index contributed by atoms with van der Waals surface area (Å²) < 4.78 is 0. The SMILES string of the molecule is CC1CNC(c2ccc(Cl)cc2)C(C)SC1. The van der Waals surface area contributed by atoms with E-state index in [0.29, 0.717) is 11.3 Å². The molecule has 1 nitrogen and oxygen atoms in total. The van der Waals surface area contributed by atoms with Gasteiger partial charge >= 0.3 is 0 Å². The lowest BCUT2D eigenvalue weighted by molar-refractivity contribution is 0.490. The minimum absolute atomic E-state index is 0.451. The second-order valence-corrected chi connectivity index (χ2v) is 6.43. The van der Waals surface area contributed by atoms with Gasteiger partial charge in [0.2, 0.25) is 0 Å². The number of thioether (sulfide) groups is 1. The van der Waals surface area contributed by atoms with Crippen molar-refractivity contribution in [1.29, 1.82) is 0 Å². The Labute approximate surface area is 107 Å². The van der Waals surface area contributed by atoms with Crippen molar-refractivity contribution in [2.75, 3.05) is 12.3 Å². The molecule has 0 aliphatic carbocycles. The van der Waals surface area contributed by atoms with Crippen LogP contribution in [-0.2, 0) is 0 Å². The Morgan fingerprint density at radius 2 is 1.94 bits per heavy atom. The second kappa shape index (κ2) is 5.44. The van der Waals surface area contributed by atoms with Crippen LogP contribution < -0.4 is 5.32 Å². The number of hydrogen-bond donors (Lipinski definition) is 1. The molecule has 3 unspecified atom stereocenters. The van der Waals surface area contributed by atoms with E-state index in [0.717, 1.165) is 17.5 Å². The Morgan fingerprint density at radius 3 is 2.62 bits per heavy atom. The fraction of sp³-hybridized carbons (Fsp3) is 0.538. The molecule has 2 rings (SSSR count). The molecule has 3 atom stereocenters. The van der Waals surface area contributed by atoms with Crippen molar-refractivity contribution in [3.05, 3.63) is 34.9 Å². The molecule has 0 amide bonds. The Kier molecular flexibility index (Phi) is 4.17. The Bertz CT molecular complexity index is 338. The summed E-state index contributed by atoms with van der Waals surface area (Å²) in [4.78, 5) is 0. The first-order valence-electron chi connectivity index (χ1n) is 5.77. The van der Waals surface area contributed by atoms with E-state index < -0.39 is 0 Å². The fourth-order valence-corrected chi connectivity index (χ4v) is 3.35. The molecule has 0 saturated carbocycles. The van der Waals surface area contributed by atoms with Crippen LogP contribution in [0.15, 0.2) is 24.3 Å². The normalized spacial score (nSPS) is 31.1. The molecule has 0 spiro atoms. The van der Waals surface area contributed by atoms with Crippen LogP contribution >= 0.6 is 23.4 Å². The first-order chi connectivity index (χ1) is 7.66. The van der Waals surface area contributed by atoms with Crippen LogP contribution in [-0.4, -0.2) is 17.5 Å². The topological polar surface area (TPSA) is 12.0 Å². The van der Waals surface area contributed by atoms with Crippen molar-refractivity contribution in [2.45, 2.75) is 25.1 Å². The second-order valence-electron chi connectivity index (χ2n) is 4.58. The van der Waals surface area contributed by atoms with Crippen molar-refractivity contribution in [1.82, 2.24) is 5.32 Å². The highest BCUT2D eigenvalue weighted by Gasteiger charge is 2.23. The van der Waals surface area contributed by atoms with E-state index in [9.17, 15) is 0 Å². The minimum atomic E-state index is 0.451. The maximum Gasteiger partial charge on any atom is 0.0438 e. The summed E-state index contributed by atoms with van der Waals surface area (Å²) in [5, 5.41) is 5.08. The third kappa shape index (κ3) is 2.93. The maximum atomic E-state index is 5.92. The van der Waals surface area contributed by atoms with E-state index >= 15 is 0 Å². The molecule has 1 heterocycles. The summed E-state index contributed by atoms with van der Waals surface area (Å²) >= 11 is 7.98. The molecular weight excluding hydrogens is 238 g/mol. The molecule has 16 heavy (non-hydrogen) atoms. The van der Waals surface area contributed by atoms with Crippen LogP contribution in [0.2, 0.25) is 5.02 Å². The van der Waals surface area contributed by atoms with E-state index in [-0.39, 0.29) is 0 Å². The average Bonchev–Trinajstić information content (AvgIpc) is 2.44. The lowest BCUT2D eigenvalue weighted by Crippen LogP contribution is -2.28. The molecule has 88 valence electrons. The molecule has 1 aromatic rings. The molecular formula is C13H18ClNS. The highest BCUT2D eigenvalue weighted by atomic mass is 35.5. The summed E-state index contributed by atoms with van der Waals surface area (Å²) in [5.74, 6) is 2.00. The highest BCUT2D eigenvalue weighted by molar-refractivity contribution is 7.99. The van der Waals surface area contributed by atoms with Gasteiger partial charge in [0.05, 0.1) is 0 Å². The predicted molar refractivity (Wildman–Crippen MR) is 73.3 cm³/mol. The highest BCUT2D eigenvalue weighted by Crippen LogP contribution is 2.31. The smallest absolute Gasteiger partial charge is 0.0438 e. The van der Waals surface area contributed by atoms with Gasteiger partial charge in [-0.1, -0.05) is 37.6 Å². The molecule has 3 heteroatoms. The predicted octanol–water partition coefficient (Wildman–Crippen LogP) is 3.74. The molecule has 0 aromatic heterocycles. The zero-order valence-corrected chi connectivity index (χ0v) is 11.3. The van der Waals surface area contributed by atoms with Gasteiger partial charge in [-0.2, -0.15) is 11.8 Å². The summed E-state index contributed by atoms with van der Waals surface area (Å²) in [7, 11) is 0. The Morgan fingerprint density at radius 1 is 1.25 bits per heavy atom. The van der Waals surface area contributed by atoms with Crippen molar-refractivity contribution in [3.8, 4) is 0 Å². The Balaban J connectivity index is 2.15.